The summed E-state index contributed by atoms with van der Waals surface area (Å²) in [6, 6.07) is 12.8. The standard InChI is InChI=1S/C24H31BrN2O3/c1-16(2)13-26-24(29)19(5)27(14-20-9-7-6-8-10-20)22(28)15-30-21-11-17(3)23(25)18(4)12-21/h6-12,16,19H,13-15H2,1-5H3,(H,26,29)/t19-/m1/s1. The Kier molecular flexibility index (Phi) is 8.90. The Labute approximate surface area is 187 Å². The Hall–Kier alpha value is -2.34. The van der Waals surface area contributed by atoms with E-state index in [4.69, 9.17) is 4.74 Å². The topological polar surface area (TPSA) is 58.6 Å². The number of halogens is 1. The van der Waals surface area contributed by atoms with Gasteiger partial charge in [-0.1, -0.05) is 60.1 Å². The summed E-state index contributed by atoms with van der Waals surface area (Å²) in [5.74, 6) is 0.581. The fourth-order valence-corrected chi connectivity index (χ4v) is 3.26. The lowest BCUT2D eigenvalue weighted by Crippen LogP contribution is -2.49. The van der Waals surface area contributed by atoms with Gasteiger partial charge in [-0.05, 0) is 55.5 Å². The average molecular weight is 475 g/mol. The van der Waals surface area contributed by atoms with Crippen LogP contribution in [-0.2, 0) is 16.1 Å². The van der Waals surface area contributed by atoms with Crippen molar-refractivity contribution in [2.24, 2.45) is 5.92 Å². The number of hydrogen-bond donors (Lipinski definition) is 1. The van der Waals surface area contributed by atoms with Crippen molar-refractivity contribution in [2.75, 3.05) is 13.2 Å². The number of nitrogens with zero attached hydrogens (tertiary/aromatic N) is 1. The fourth-order valence-electron chi connectivity index (χ4n) is 3.03. The fraction of sp³-hybridized carbons (Fsp3) is 0.417. The third-order valence-corrected chi connectivity index (χ3v) is 6.07. The van der Waals surface area contributed by atoms with E-state index in [9.17, 15) is 9.59 Å². The van der Waals surface area contributed by atoms with E-state index >= 15 is 0 Å². The molecule has 2 aromatic carbocycles. The molecule has 0 saturated carbocycles. The molecule has 30 heavy (non-hydrogen) atoms. The molecule has 1 atom stereocenters. The molecular formula is C24H31BrN2O3. The highest BCUT2D eigenvalue weighted by atomic mass is 79.9. The van der Waals surface area contributed by atoms with Crippen LogP contribution in [0.4, 0.5) is 0 Å². The van der Waals surface area contributed by atoms with Crippen molar-refractivity contribution in [3.8, 4) is 5.75 Å². The molecule has 0 aliphatic heterocycles. The van der Waals surface area contributed by atoms with Gasteiger partial charge in [-0.2, -0.15) is 0 Å². The summed E-state index contributed by atoms with van der Waals surface area (Å²) >= 11 is 3.54. The van der Waals surface area contributed by atoms with Crippen molar-refractivity contribution in [2.45, 2.75) is 47.2 Å². The normalized spacial score (nSPS) is 11.8. The van der Waals surface area contributed by atoms with Crippen molar-refractivity contribution in [1.29, 1.82) is 0 Å². The van der Waals surface area contributed by atoms with Crippen LogP contribution in [-0.4, -0.2) is 35.9 Å². The molecule has 6 heteroatoms. The van der Waals surface area contributed by atoms with Gasteiger partial charge in [0.15, 0.2) is 6.61 Å². The second kappa shape index (κ2) is 11.2. The monoisotopic (exact) mass is 474 g/mol. The largest absolute Gasteiger partial charge is 0.484 e. The van der Waals surface area contributed by atoms with Gasteiger partial charge in [-0.3, -0.25) is 9.59 Å². The number of rotatable bonds is 9. The third-order valence-electron chi connectivity index (χ3n) is 4.82. The van der Waals surface area contributed by atoms with Gasteiger partial charge in [0.1, 0.15) is 11.8 Å². The second-order valence-electron chi connectivity index (χ2n) is 7.98. The van der Waals surface area contributed by atoms with Crippen LogP contribution in [0.25, 0.3) is 0 Å². The van der Waals surface area contributed by atoms with Crippen molar-refractivity contribution >= 4 is 27.7 Å². The predicted octanol–water partition coefficient (Wildman–Crippen LogP) is 4.63. The molecule has 2 rings (SSSR count). The van der Waals surface area contributed by atoms with Gasteiger partial charge in [0.2, 0.25) is 5.91 Å². The lowest BCUT2D eigenvalue weighted by molar-refractivity contribution is -0.142. The van der Waals surface area contributed by atoms with E-state index < -0.39 is 6.04 Å². The summed E-state index contributed by atoms with van der Waals surface area (Å²) in [6.07, 6.45) is 0. The molecule has 162 valence electrons. The molecule has 5 nitrogen and oxygen atoms in total. The SMILES string of the molecule is Cc1cc(OCC(=O)N(Cc2ccccc2)[C@H](C)C(=O)NCC(C)C)cc(C)c1Br. The molecule has 0 heterocycles. The molecule has 1 N–H and O–H groups in total. The maximum absolute atomic E-state index is 13.1. The number of carbonyl (C=O) groups is 2. The molecule has 0 saturated heterocycles. The van der Waals surface area contributed by atoms with E-state index in [1.165, 1.54) is 0 Å². The van der Waals surface area contributed by atoms with Crippen molar-refractivity contribution in [3.05, 3.63) is 63.6 Å². The molecule has 0 radical (unpaired) electrons. The van der Waals surface area contributed by atoms with Crippen molar-refractivity contribution < 1.29 is 14.3 Å². The van der Waals surface area contributed by atoms with E-state index in [2.05, 4.69) is 21.2 Å². The first-order valence-corrected chi connectivity index (χ1v) is 11.0. The van der Waals surface area contributed by atoms with Crippen LogP contribution < -0.4 is 10.1 Å². The van der Waals surface area contributed by atoms with Gasteiger partial charge in [0.25, 0.3) is 5.91 Å². The Morgan fingerprint density at radius 3 is 2.23 bits per heavy atom. The molecule has 0 spiro atoms. The van der Waals surface area contributed by atoms with E-state index in [0.717, 1.165) is 21.2 Å². The van der Waals surface area contributed by atoms with Crippen molar-refractivity contribution in [3.63, 3.8) is 0 Å². The van der Waals surface area contributed by atoms with Crippen LogP contribution in [0.2, 0.25) is 0 Å². The number of nitrogens with one attached hydrogen (secondary N) is 1. The lowest BCUT2D eigenvalue weighted by Gasteiger charge is -2.29. The zero-order valence-corrected chi connectivity index (χ0v) is 20.0. The van der Waals surface area contributed by atoms with Crippen LogP contribution in [0.1, 0.15) is 37.5 Å². The highest BCUT2D eigenvalue weighted by molar-refractivity contribution is 9.10. The lowest BCUT2D eigenvalue weighted by atomic mass is 10.1. The summed E-state index contributed by atoms with van der Waals surface area (Å²) in [4.78, 5) is 27.3. The smallest absolute Gasteiger partial charge is 0.261 e. The van der Waals surface area contributed by atoms with Crippen LogP contribution in [0.5, 0.6) is 5.75 Å². The summed E-state index contributed by atoms with van der Waals surface area (Å²) in [5, 5.41) is 2.92. The van der Waals surface area contributed by atoms with Crippen LogP contribution in [0, 0.1) is 19.8 Å². The Morgan fingerprint density at radius 1 is 1.07 bits per heavy atom. The average Bonchev–Trinajstić information content (AvgIpc) is 2.72. The minimum atomic E-state index is -0.603. The summed E-state index contributed by atoms with van der Waals surface area (Å²) in [5.41, 5.74) is 3.05. The summed E-state index contributed by atoms with van der Waals surface area (Å²) in [6.45, 7) is 10.6. The first kappa shape index (κ1) is 23.9. The Balaban J connectivity index is 2.14. The highest BCUT2D eigenvalue weighted by Crippen LogP contribution is 2.26. The zero-order valence-electron chi connectivity index (χ0n) is 18.4. The molecule has 0 aliphatic rings. The van der Waals surface area contributed by atoms with Gasteiger partial charge in [0, 0.05) is 17.6 Å². The third kappa shape index (κ3) is 6.87. The highest BCUT2D eigenvalue weighted by Gasteiger charge is 2.26. The molecule has 0 bridgehead atoms. The van der Waals surface area contributed by atoms with Crippen molar-refractivity contribution in [1.82, 2.24) is 10.2 Å². The predicted molar refractivity (Wildman–Crippen MR) is 123 cm³/mol. The molecule has 0 fully saturated rings. The summed E-state index contributed by atoms with van der Waals surface area (Å²) < 4.78 is 6.82. The maximum Gasteiger partial charge on any atom is 0.261 e. The van der Waals surface area contributed by atoms with Crippen LogP contribution in [0.15, 0.2) is 46.9 Å². The molecule has 2 aromatic rings. The van der Waals surface area contributed by atoms with Gasteiger partial charge in [-0.25, -0.2) is 0 Å². The quantitative estimate of drug-likeness (QED) is 0.575. The van der Waals surface area contributed by atoms with E-state index in [0.29, 0.717) is 24.8 Å². The Morgan fingerprint density at radius 2 is 1.67 bits per heavy atom. The minimum Gasteiger partial charge on any atom is -0.484 e. The maximum atomic E-state index is 13.1. The van der Waals surface area contributed by atoms with Crippen LogP contribution in [0.3, 0.4) is 0 Å². The zero-order chi connectivity index (χ0) is 22.3. The molecular weight excluding hydrogens is 444 g/mol. The van der Waals surface area contributed by atoms with Crippen LogP contribution >= 0.6 is 15.9 Å². The second-order valence-corrected chi connectivity index (χ2v) is 8.77. The van der Waals surface area contributed by atoms with E-state index in [1.807, 2.05) is 70.2 Å². The number of aryl methyl sites for hydroxylation is 2. The molecule has 2 amide bonds. The Bertz CT molecular complexity index is 845. The van der Waals surface area contributed by atoms with E-state index in [-0.39, 0.29) is 18.4 Å². The number of ether oxygens (including phenoxy) is 1. The van der Waals surface area contributed by atoms with Gasteiger partial charge >= 0.3 is 0 Å². The first-order valence-electron chi connectivity index (χ1n) is 10.2. The molecule has 0 unspecified atom stereocenters. The van der Waals surface area contributed by atoms with Gasteiger partial charge in [-0.15, -0.1) is 0 Å². The van der Waals surface area contributed by atoms with Gasteiger partial charge in [0.05, 0.1) is 0 Å². The minimum absolute atomic E-state index is 0.130. The number of benzene rings is 2. The first-order chi connectivity index (χ1) is 14.2. The summed E-state index contributed by atoms with van der Waals surface area (Å²) in [7, 11) is 0. The number of amides is 2. The van der Waals surface area contributed by atoms with Gasteiger partial charge < -0.3 is 15.0 Å². The molecule has 0 aliphatic carbocycles. The number of hydrogen-bond acceptors (Lipinski definition) is 3. The number of carbonyl (C=O) groups excluding carboxylic acids is 2. The molecule has 0 aromatic heterocycles. The van der Waals surface area contributed by atoms with E-state index in [1.54, 1.807) is 11.8 Å².